The molecule has 2 N–H and O–H groups in total. The molecule has 0 fully saturated rings. The zero-order chi connectivity index (χ0) is 10.2. The van der Waals surface area contributed by atoms with Crippen molar-refractivity contribution in [3.63, 3.8) is 0 Å². The van der Waals surface area contributed by atoms with Gasteiger partial charge in [-0.15, -0.1) is 0 Å². The zero-order valence-corrected chi connectivity index (χ0v) is 9.10. The Morgan fingerprint density at radius 1 is 0.833 bits per heavy atom. The molecule has 0 aliphatic rings. The van der Waals surface area contributed by atoms with E-state index in [2.05, 4.69) is 0 Å². The standard InChI is InChI=1S/C10H22O2/c1-8(2,3)7-10(6,12)9(4,5)11/h11-12H,7H2,1-6H3. The van der Waals surface area contributed by atoms with Gasteiger partial charge in [0.15, 0.2) is 0 Å². The maximum atomic E-state index is 9.94. The molecule has 0 spiro atoms. The highest BCUT2D eigenvalue weighted by Gasteiger charge is 2.40. The van der Waals surface area contributed by atoms with Gasteiger partial charge in [-0.2, -0.15) is 0 Å². The van der Waals surface area contributed by atoms with Gasteiger partial charge in [0.1, 0.15) is 0 Å². The Labute approximate surface area is 75.6 Å². The molecule has 0 saturated carbocycles. The summed E-state index contributed by atoms with van der Waals surface area (Å²) in [6.45, 7) is 11.1. The van der Waals surface area contributed by atoms with Crippen LogP contribution in [-0.2, 0) is 0 Å². The fraction of sp³-hybridized carbons (Fsp3) is 1.00. The van der Waals surface area contributed by atoms with E-state index in [1.807, 2.05) is 20.8 Å². The average molecular weight is 174 g/mol. The van der Waals surface area contributed by atoms with Crippen molar-refractivity contribution in [2.45, 2.75) is 59.2 Å². The van der Waals surface area contributed by atoms with E-state index in [1.165, 1.54) is 0 Å². The van der Waals surface area contributed by atoms with E-state index >= 15 is 0 Å². The molecule has 0 aromatic rings. The van der Waals surface area contributed by atoms with Crippen LogP contribution in [-0.4, -0.2) is 21.4 Å². The molecule has 74 valence electrons. The van der Waals surface area contributed by atoms with Crippen molar-refractivity contribution in [3.8, 4) is 0 Å². The zero-order valence-electron chi connectivity index (χ0n) is 9.10. The van der Waals surface area contributed by atoms with E-state index in [9.17, 15) is 10.2 Å². The number of hydrogen-bond acceptors (Lipinski definition) is 2. The van der Waals surface area contributed by atoms with Crippen LogP contribution in [0.5, 0.6) is 0 Å². The minimum atomic E-state index is -1.04. The summed E-state index contributed by atoms with van der Waals surface area (Å²) >= 11 is 0. The van der Waals surface area contributed by atoms with Crippen molar-refractivity contribution < 1.29 is 10.2 Å². The third-order valence-corrected chi connectivity index (χ3v) is 2.19. The van der Waals surface area contributed by atoms with Gasteiger partial charge in [0, 0.05) is 0 Å². The predicted octanol–water partition coefficient (Wildman–Crippen LogP) is 1.94. The van der Waals surface area contributed by atoms with E-state index < -0.39 is 11.2 Å². The lowest BCUT2D eigenvalue weighted by molar-refractivity contribution is -0.136. The van der Waals surface area contributed by atoms with Crippen molar-refractivity contribution in [1.82, 2.24) is 0 Å². The monoisotopic (exact) mass is 174 g/mol. The van der Waals surface area contributed by atoms with Gasteiger partial charge in [-0.25, -0.2) is 0 Å². The molecule has 0 aliphatic heterocycles. The normalized spacial score (nSPS) is 19.0. The van der Waals surface area contributed by atoms with Crippen LogP contribution < -0.4 is 0 Å². The summed E-state index contributed by atoms with van der Waals surface area (Å²) in [6, 6.07) is 0. The number of hydrogen-bond donors (Lipinski definition) is 2. The van der Waals surface area contributed by atoms with Gasteiger partial charge in [-0.3, -0.25) is 0 Å². The molecule has 0 aliphatic carbocycles. The Balaban J connectivity index is 4.44. The van der Waals surface area contributed by atoms with E-state index in [-0.39, 0.29) is 5.41 Å². The van der Waals surface area contributed by atoms with Crippen molar-refractivity contribution in [1.29, 1.82) is 0 Å². The molecule has 0 bridgehead atoms. The highest BCUT2D eigenvalue weighted by atomic mass is 16.4. The lowest BCUT2D eigenvalue weighted by atomic mass is 9.75. The molecule has 0 heterocycles. The minimum Gasteiger partial charge on any atom is -0.387 e. The van der Waals surface area contributed by atoms with E-state index in [0.29, 0.717) is 6.42 Å². The second-order valence-electron chi connectivity index (χ2n) is 5.57. The number of rotatable bonds is 2. The van der Waals surface area contributed by atoms with E-state index in [0.717, 1.165) is 0 Å². The molecule has 0 aromatic carbocycles. The van der Waals surface area contributed by atoms with Crippen LogP contribution in [0.25, 0.3) is 0 Å². The summed E-state index contributed by atoms with van der Waals surface area (Å²) in [4.78, 5) is 0. The quantitative estimate of drug-likeness (QED) is 0.671. The highest BCUT2D eigenvalue weighted by Crippen LogP contribution is 2.33. The van der Waals surface area contributed by atoms with Gasteiger partial charge >= 0.3 is 0 Å². The van der Waals surface area contributed by atoms with Gasteiger partial charge < -0.3 is 10.2 Å². The lowest BCUT2D eigenvalue weighted by Crippen LogP contribution is -2.49. The van der Waals surface area contributed by atoms with Crippen LogP contribution in [0.3, 0.4) is 0 Å². The summed E-state index contributed by atoms with van der Waals surface area (Å²) in [5.41, 5.74) is -2.03. The van der Waals surface area contributed by atoms with Gasteiger partial charge in [0.2, 0.25) is 0 Å². The molecule has 0 rings (SSSR count). The predicted molar refractivity (Wildman–Crippen MR) is 51.0 cm³/mol. The Morgan fingerprint density at radius 3 is 1.25 bits per heavy atom. The van der Waals surface area contributed by atoms with Crippen LogP contribution >= 0.6 is 0 Å². The van der Waals surface area contributed by atoms with Crippen LogP contribution in [0, 0.1) is 5.41 Å². The highest BCUT2D eigenvalue weighted by molar-refractivity contribution is 4.92. The van der Waals surface area contributed by atoms with E-state index in [1.54, 1.807) is 20.8 Å². The molecule has 0 saturated heterocycles. The SMILES string of the molecule is CC(C)(C)CC(C)(O)C(C)(C)O. The van der Waals surface area contributed by atoms with Crippen LogP contribution in [0.15, 0.2) is 0 Å². The van der Waals surface area contributed by atoms with Gasteiger partial charge in [0.05, 0.1) is 11.2 Å². The molecule has 2 nitrogen and oxygen atoms in total. The van der Waals surface area contributed by atoms with Crippen molar-refractivity contribution in [2.24, 2.45) is 5.41 Å². The fourth-order valence-electron chi connectivity index (χ4n) is 1.25. The molecule has 1 unspecified atom stereocenters. The van der Waals surface area contributed by atoms with Crippen LogP contribution in [0.4, 0.5) is 0 Å². The van der Waals surface area contributed by atoms with Crippen molar-refractivity contribution >= 4 is 0 Å². The summed E-state index contributed by atoms with van der Waals surface area (Å²) < 4.78 is 0. The first-order valence-electron chi connectivity index (χ1n) is 4.40. The third-order valence-electron chi connectivity index (χ3n) is 2.19. The van der Waals surface area contributed by atoms with Gasteiger partial charge in [-0.05, 0) is 32.6 Å². The smallest absolute Gasteiger partial charge is 0.0904 e. The van der Waals surface area contributed by atoms with Crippen LogP contribution in [0.1, 0.15) is 48.0 Å². The first-order chi connectivity index (χ1) is 4.96. The van der Waals surface area contributed by atoms with Gasteiger partial charge in [0.25, 0.3) is 0 Å². The molecule has 0 radical (unpaired) electrons. The largest absolute Gasteiger partial charge is 0.387 e. The Bertz CT molecular complexity index is 146. The lowest BCUT2D eigenvalue weighted by Gasteiger charge is -2.40. The number of aliphatic hydroxyl groups is 2. The van der Waals surface area contributed by atoms with Crippen molar-refractivity contribution in [2.75, 3.05) is 0 Å². The molecule has 0 aromatic heterocycles. The topological polar surface area (TPSA) is 40.5 Å². The summed E-state index contributed by atoms with van der Waals surface area (Å²) in [5.74, 6) is 0. The summed E-state index contributed by atoms with van der Waals surface area (Å²) in [6.07, 6.45) is 0.587. The Hall–Kier alpha value is -0.0800. The summed E-state index contributed by atoms with van der Waals surface area (Å²) in [7, 11) is 0. The first kappa shape index (κ1) is 11.9. The molecule has 2 heteroatoms. The average Bonchev–Trinajstić information content (AvgIpc) is 1.52. The Morgan fingerprint density at radius 2 is 1.17 bits per heavy atom. The Kier molecular flexibility index (Phi) is 2.98. The maximum Gasteiger partial charge on any atom is 0.0904 e. The molecular formula is C10H22O2. The molecule has 12 heavy (non-hydrogen) atoms. The van der Waals surface area contributed by atoms with Gasteiger partial charge in [-0.1, -0.05) is 20.8 Å². The molecule has 0 amide bonds. The summed E-state index contributed by atoms with van der Waals surface area (Å²) in [5, 5.41) is 19.6. The maximum absolute atomic E-state index is 9.94. The fourth-order valence-corrected chi connectivity index (χ4v) is 1.25. The minimum absolute atomic E-state index is 0.0312. The second-order valence-corrected chi connectivity index (χ2v) is 5.57. The third kappa shape index (κ3) is 3.55. The second kappa shape index (κ2) is 3.00. The van der Waals surface area contributed by atoms with Crippen molar-refractivity contribution in [3.05, 3.63) is 0 Å². The first-order valence-corrected chi connectivity index (χ1v) is 4.40. The molecule has 1 atom stereocenters. The van der Waals surface area contributed by atoms with Crippen LogP contribution in [0.2, 0.25) is 0 Å². The van der Waals surface area contributed by atoms with E-state index in [4.69, 9.17) is 0 Å². The molecular weight excluding hydrogens is 152 g/mol.